The van der Waals surface area contributed by atoms with E-state index >= 15 is 0 Å². The molecule has 0 fully saturated rings. The van der Waals surface area contributed by atoms with Crippen molar-refractivity contribution in [3.05, 3.63) is 17.5 Å². The summed E-state index contributed by atoms with van der Waals surface area (Å²) in [6.07, 6.45) is -2.34. The van der Waals surface area contributed by atoms with Crippen molar-refractivity contribution in [2.45, 2.75) is 19.0 Å². The second kappa shape index (κ2) is 4.00. The molecule has 1 N–H and O–H groups in total. The molecule has 0 saturated heterocycles. The fourth-order valence-corrected chi connectivity index (χ4v) is 1.14. The number of nitrogens with one attached hydrogen (secondary N) is 1. The SMILES string of the molecule is FC(F)(F)c1[nH]ncc1CCCCl. The van der Waals surface area contributed by atoms with Gasteiger partial charge in [0.15, 0.2) is 0 Å². The Morgan fingerprint density at radius 2 is 2.15 bits per heavy atom. The standard InChI is InChI=1S/C7H8ClF3N2/c8-3-1-2-5-4-12-13-6(5)7(9,10)11/h4H,1-3H2,(H,12,13). The highest BCUT2D eigenvalue weighted by Crippen LogP contribution is 2.30. The van der Waals surface area contributed by atoms with Gasteiger partial charge in [-0.3, -0.25) is 5.10 Å². The molecule has 13 heavy (non-hydrogen) atoms. The molecule has 6 heteroatoms. The van der Waals surface area contributed by atoms with Crippen LogP contribution in [0.15, 0.2) is 6.20 Å². The van der Waals surface area contributed by atoms with Gasteiger partial charge in [0.25, 0.3) is 0 Å². The average Bonchev–Trinajstić information content (AvgIpc) is 2.47. The zero-order chi connectivity index (χ0) is 9.90. The minimum absolute atomic E-state index is 0.174. The van der Waals surface area contributed by atoms with E-state index < -0.39 is 11.9 Å². The normalized spacial score (nSPS) is 12.0. The van der Waals surface area contributed by atoms with Gasteiger partial charge in [0.05, 0.1) is 6.20 Å². The molecule has 0 saturated carbocycles. The largest absolute Gasteiger partial charge is 0.433 e. The maximum atomic E-state index is 12.2. The van der Waals surface area contributed by atoms with Gasteiger partial charge in [-0.05, 0) is 12.8 Å². The number of nitrogens with zero attached hydrogens (tertiary/aromatic N) is 1. The number of H-pyrrole nitrogens is 1. The van der Waals surface area contributed by atoms with Crippen molar-refractivity contribution < 1.29 is 13.2 Å². The van der Waals surface area contributed by atoms with E-state index in [1.54, 1.807) is 0 Å². The molecule has 0 aliphatic rings. The first kappa shape index (κ1) is 10.4. The summed E-state index contributed by atoms with van der Waals surface area (Å²) in [5, 5.41) is 5.29. The van der Waals surface area contributed by atoms with Crippen LogP contribution < -0.4 is 0 Å². The third-order valence-corrected chi connectivity index (χ3v) is 1.85. The molecule has 74 valence electrons. The van der Waals surface area contributed by atoms with Crippen LogP contribution in [0.5, 0.6) is 0 Å². The lowest BCUT2D eigenvalue weighted by Gasteiger charge is -2.05. The van der Waals surface area contributed by atoms with Crippen LogP contribution in [-0.4, -0.2) is 16.1 Å². The van der Waals surface area contributed by atoms with Crippen LogP contribution >= 0.6 is 11.6 Å². The Balaban J connectivity index is 2.77. The molecule has 1 rings (SSSR count). The molecule has 0 aliphatic carbocycles. The van der Waals surface area contributed by atoms with Gasteiger partial charge < -0.3 is 0 Å². The van der Waals surface area contributed by atoms with Crippen LogP contribution in [-0.2, 0) is 12.6 Å². The molecule has 1 aromatic rings. The fraction of sp³-hybridized carbons (Fsp3) is 0.571. The average molecular weight is 213 g/mol. The highest BCUT2D eigenvalue weighted by Gasteiger charge is 2.35. The highest BCUT2D eigenvalue weighted by atomic mass is 35.5. The molecule has 0 aromatic carbocycles. The summed E-state index contributed by atoms with van der Waals surface area (Å²) in [7, 11) is 0. The third-order valence-electron chi connectivity index (χ3n) is 1.58. The van der Waals surface area contributed by atoms with Gasteiger partial charge in [0.2, 0.25) is 0 Å². The summed E-state index contributed by atoms with van der Waals surface area (Å²) in [5.41, 5.74) is -0.592. The maximum absolute atomic E-state index is 12.2. The summed E-state index contributed by atoms with van der Waals surface area (Å²) < 4.78 is 36.6. The van der Waals surface area contributed by atoms with Gasteiger partial charge in [-0.2, -0.15) is 18.3 Å². The van der Waals surface area contributed by atoms with Gasteiger partial charge in [-0.15, -0.1) is 11.6 Å². The van der Waals surface area contributed by atoms with Crippen LogP contribution in [0.4, 0.5) is 13.2 Å². The highest BCUT2D eigenvalue weighted by molar-refractivity contribution is 6.17. The lowest BCUT2D eigenvalue weighted by Crippen LogP contribution is -2.08. The predicted molar refractivity (Wildman–Crippen MR) is 42.6 cm³/mol. The molecule has 0 bridgehead atoms. The van der Waals surface area contributed by atoms with E-state index in [9.17, 15) is 13.2 Å². The molecule has 0 spiro atoms. The van der Waals surface area contributed by atoms with Gasteiger partial charge in [-0.1, -0.05) is 0 Å². The number of aromatic amines is 1. The summed E-state index contributed by atoms with van der Waals surface area (Å²) >= 11 is 5.37. The van der Waals surface area contributed by atoms with Gasteiger partial charge >= 0.3 is 6.18 Å². The zero-order valence-electron chi connectivity index (χ0n) is 6.66. The van der Waals surface area contributed by atoms with E-state index in [0.717, 1.165) is 0 Å². The number of hydrogen-bond donors (Lipinski definition) is 1. The topological polar surface area (TPSA) is 28.7 Å². The Morgan fingerprint density at radius 1 is 1.46 bits per heavy atom. The Hall–Kier alpha value is -0.710. The van der Waals surface area contributed by atoms with E-state index in [2.05, 4.69) is 5.10 Å². The van der Waals surface area contributed by atoms with Crippen molar-refractivity contribution in [2.24, 2.45) is 0 Å². The molecule has 1 aromatic heterocycles. The third kappa shape index (κ3) is 2.62. The molecule has 0 radical (unpaired) electrons. The summed E-state index contributed by atoms with van der Waals surface area (Å²) in [5.74, 6) is 0.350. The number of aromatic nitrogens is 2. The van der Waals surface area contributed by atoms with Crippen molar-refractivity contribution in [3.8, 4) is 0 Å². The number of rotatable bonds is 3. The molecular formula is C7H8ClF3N2. The zero-order valence-corrected chi connectivity index (χ0v) is 7.41. The minimum Gasteiger partial charge on any atom is -0.273 e. The van der Waals surface area contributed by atoms with E-state index in [-0.39, 0.29) is 5.56 Å². The maximum Gasteiger partial charge on any atom is 0.433 e. The van der Waals surface area contributed by atoms with Crippen LogP contribution in [0.2, 0.25) is 0 Å². The second-order valence-corrected chi connectivity index (χ2v) is 2.94. The Kier molecular flexibility index (Phi) is 3.19. The van der Waals surface area contributed by atoms with Crippen LogP contribution in [0.3, 0.4) is 0 Å². The molecule has 0 unspecified atom stereocenters. The number of halogens is 4. The summed E-state index contributed by atoms with van der Waals surface area (Å²) in [6.45, 7) is 0. The Labute approximate surface area is 78.1 Å². The van der Waals surface area contributed by atoms with Gasteiger partial charge in [0, 0.05) is 11.4 Å². The predicted octanol–water partition coefficient (Wildman–Crippen LogP) is 2.60. The van der Waals surface area contributed by atoms with Crippen molar-refractivity contribution >= 4 is 11.6 Å². The van der Waals surface area contributed by atoms with E-state index in [0.29, 0.717) is 18.7 Å². The minimum atomic E-state index is -4.35. The van der Waals surface area contributed by atoms with E-state index in [4.69, 9.17) is 11.6 Å². The number of aryl methyl sites for hydroxylation is 1. The molecule has 1 heterocycles. The number of alkyl halides is 4. The lowest BCUT2D eigenvalue weighted by atomic mass is 10.1. The van der Waals surface area contributed by atoms with Gasteiger partial charge in [0.1, 0.15) is 5.69 Å². The van der Waals surface area contributed by atoms with Crippen LogP contribution in [0.1, 0.15) is 17.7 Å². The molecule has 2 nitrogen and oxygen atoms in total. The Morgan fingerprint density at radius 3 is 2.69 bits per heavy atom. The fourth-order valence-electron chi connectivity index (χ4n) is 1.00. The molecular weight excluding hydrogens is 205 g/mol. The molecule has 0 amide bonds. The van der Waals surface area contributed by atoms with Crippen molar-refractivity contribution in [1.82, 2.24) is 10.2 Å². The first-order valence-electron chi connectivity index (χ1n) is 3.71. The van der Waals surface area contributed by atoms with Crippen molar-refractivity contribution in [3.63, 3.8) is 0 Å². The smallest absolute Gasteiger partial charge is 0.273 e. The molecule has 0 aliphatic heterocycles. The first-order valence-corrected chi connectivity index (χ1v) is 4.24. The van der Waals surface area contributed by atoms with Gasteiger partial charge in [-0.25, -0.2) is 0 Å². The summed E-state index contributed by atoms with van der Waals surface area (Å²) in [6, 6.07) is 0. The number of hydrogen-bond acceptors (Lipinski definition) is 1. The molecule has 0 atom stereocenters. The van der Waals surface area contributed by atoms with E-state index in [1.807, 2.05) is 5.10 Å². The monoisotopic (exact) mass is 212 g/mol. The van der Waals surface area contributed by atoms with E-state index in [1.165, 1.54) is 6.20 Å². The second-order valence-electron chi connectivity index (χ2n) is 2.56. The van der Waals surface area contributed by atoms with Crippen molar-refractivity contribution in [1.29, 1.82) is 0 Å². The van der Waals surface area contributed by atoms with Crippen LogP contribution in [0.25, 0.3) is 0 Å². The quantitative estimate of drug-likeness (QED) is 0.767. The summed E-state index contributed by atoms with van der Waals surface area (Å²) in [4.78, 5) is 0. The first-order chi connectivity index (χ1) is 6.05. The van der Waals surface area contributed by atoms with Crippen LogP contribution in [0, 0.1) is 0 Å². The Bertz CT molecular complexity index is 269. The lowest BCUT2D eigenvalue weighted by molar-refractivity contribution is -0.141. The van der Waals surface area contributed by atoms with Crippen molar-refractivity contribution in [2.75, 3.05) is 5.88 Å².